The zero-order chi connectivity index (χ0) is 9.26. The van der Waals surface area contributed by atoms with Crippen molar-refractivity contribution >= 4 is 21.1 Å². The molecule has 0 atom stereocenters. The number of carbonyl (C=O) groups is 2. The van der Waals surface area contributed by atoms with Gasteiger partial charge in [-0.3, -0.25) is 9.34 Å². The molecule has 8 heteroatoms. The van der Waals surface area contributed by atoms with Gasteiger partial charge in [0.2, 0.25) is 0 Å². The Labute approximate surface area is 82.8 Å². The van der Waals surface area contributed by atoms with Crippen LogP contribution in [0.5, 0.6) is 0 Å². The van der Waals surface area contributed by atoms with Crippen LogP contribution in [0.2, 0.25) is 0 Å². The molecule has 0 N–H and O–H groups in total. The van der Waals surface area contributed by atoms with Crippen molar-refractivity contribution in [2.75, 3.05) is 26.3 Å². The molecule has 14 heavy (non-hydrogen) atoms. The molecule has 0 aromatic carbocycles. The second-order valence-corrected chi connectivity index (χ2v) is 3.91. The van der Waals surface area contributed by atoms with Gasteiger partial charge in [-0.05, 0) is 0 Å². The summed E-state index contributed by atoms with van der Waals surface area (Å²) in [5.74, 6) is 0. The first-order chi connectivity index (χ1) is 6.27. The van der Waals surface area contributed by atoms with Gasteiger partial charge in [0.15, 0.2) is 0 Å². The van der Waals surface area contributed by atoms with Gasteiger partial charge in [0, 0.05) is 6.15 Å². The van der Waals surface area contributed by atoms with Crippen LogP contribution in [0.25, 0.3) is 0 Å². The summed E-state index contributed by atoms with van der Waals surface area (Å²) >= 11 is 0. The zero-order valence-electron chi connectivity index (χ0n) is 7.56. The molecule has 0 unspecified atom stereocenters. The summed E-state index contributed by atoms with van der Waals surface area (Å²) in [5.41, 5.74) is 0. The quantitative estimate of drug-likeness (QED) is 0.616. The van der Waals surface area contributed by atoms with Crippen molar-refractivity contribution in [2.24, 2.45) is 0 Å². The topological polar surface area (TPSA) is 59.1 Å². The summed E-state index contributed by atoms with van der Waals surface area (Å²) in [4.78, 5) is 22.0. The number of ether oxygens (including phenoxy) is 2. The molecule has 0 saturated carbocycles. The maximum Gasteiger partial charge on any atom is 0.414 e. The summed E-state index contributed by atoms with van der Waals surface area (Å²) in [6, 6.07) is 0. The van der Waals surface area contributed by atoms with Crippen molar-refractivity contribution in [1.82, 2.24) is 9.34 Å². The Morgan fingerprint density at radius 1 is 1.00 bits per heavy atom. The minimum absolute atomic E-state index is 0. The van der Waals surface area contributed by atoms with E-state index < -0.39 is 0 Å². The molecule has 2 fully saturated rings. The van der Waals surface area contributed by atoms with Crippen molar-refractivity contribution in [3.63, 3.8) is 0 Å². The summed E-state index contributed by atoms with van der Waals surface area (Å²) in [5, 5.41) is 0. The SMILES string of the molecule is O=C1OCCN1PN1CCOC1=O.[He]. The van der Waals surface area contributed by atoms with Gasteiger partial charge in [-0.1, -0.05) is 0 Å². The Balaban J connectivity index is 0.000000980. The molecule has 0 spiro atoms. The molecule has 6 nitrogen and oxygen atoms in total. The molecule has 2 aliphatic heterocycles. The predicted molar refractivity (Wildman–Crippen MR) is 44.4 cm³/mol. The molecule has 2 amide bonds. The maximum atomic E-state index is 11.0. The van der Waals surface area contributed by atoms with E-state index in [0.29, 0.717) is 26.3 Å². The van der Waals surface area contributed by atoms with E-state index in [1.165, 1.54) is 9.34 Å². The Kier molecular flexibility index (Phi) is 3.44. The van der Waals surface area contributed by atoms with E-state index in [0.717, 1.165) is 0 Å². The van der Waals surface area contributed by atoms with Crippen LogP contribution in [0.1, 0.15) is 0 Å². The zero-order valence-corrected chi connectivity index (χ0v) is 8.56. The number of carbonyl (C=O) groups excluding carboxylic acids is 2. The number of hydrogen-bond donors (Lipinski definition) is 0. The molecule has 0 aliphatic carbocycles. The van der Waals surface area contributed by atoms with Gasteiger partial charge in [-0.25, -0.2) is 9.59 Å². The predicted octanol–water partition coefficient (Wildman–Crippen LogP) is 0.399. The van der Waals surface area contributed by atoms with Crippen molar-refractivity contribution in [3.8, 4) is 0 Å². The molecule has 74 valence electrons. The van der Waals surface area contributed by atoms with Crippen LogP contribution in [0, 0.1) is 6.15 Å². The number of nitrogens with zero attached hydrogens (tertiary/aromatic N) is 2. The van der Waals surface area contributed by atoms with E-state index in [4.69, 9.17) is 9.47 Å². The van der Waals surface area contributed by atoms with Crippen molar-refractivity contribution in [3.05, 3.63) is 0 Å². The van der Waals surface area contributed by atoms with Crippen LogP contribution in [0.4, 0.5) is 9.59 Å². The third-order valence-electron chi connectivity index (χ3n) is 1.76. The van der Waals surface area contributed by atoms with Crippen LogP contribution < -0.4 is 0 Å². The fourth-order valence-corrected chi connectivity index (χ4v) is 2.08. The standard InChI is InChI=1S/C6H9N2O4P.He/c9-5-7(1-3-11-5)13-8-2-4-12-6(8)10;/h13H,1-4H2;. The van der Waals surface area contributed by atoms with E-state index in [1.807, 2.05) is 0 Å². The van der Waals surface area contributed by atoms with Crippen LogP contribution in [-0.2, 0) is 9.47 Å². The normalized spacial score (nSPS) is 20.6. The van der Waals surface area contributed by atoms with E-state index in [9.17, 15) is 9.59 Å². The Morgan fingerprint density at radius 2 is 1.43 bits per heavy atom. The third-order valence-corrected chi connectivity index (χ3v) is 3.06. The average Bonchev–Trinajstić information content (AvgIpc) is 2.65. The fraction of sp³-hybridized carbons (Fsp3) is 0.667. The monoisotopic (exact) mass is 208 g/mol. The van der Waals surface area contributed by atoms with Gasteiger partial charge >= 0.3 is 12.2 Å². The molecule has 2 aliphatic rings. The summed E-state index contributed by atoms with van der Waals surface area (Å²) in [7, 11) is 0.0177. The molecule has 0 aromatic rings. The van der Waals surface area contributed by atoms with Crippen LogP contribution >= 0.6 is 8.88 Å². The first kappa shape index (κ1) is 11.0. The molecule has 2 rings (SSSR count). The number of hydrogen-bond acceptors (Lipinski definition) is 4. The Morgan fingerprint density at radius 3 is 1.71 bits per heavy atom. The molecule has 0 radical (unpaired) electrons. The first-order valence-corrected chi connectivity index (χ1v) is 4.82. The summed E-state index contributed by atoms with van der Waals surface area (Å²) < 4.78 is 12.5. The molecule has 0 aromatic heterocycles. The van der Waals surface area contributed by atoms with Crippen molar-refractivity contribution in [2.45, 2.75) is 0 Å². The van der Waals surface area contributed by atoms with Crippen molar-refractivity contribution < 1.29 is 25.2 Å². The van der Waals surface area contributed by atoms with Crippen LogP contribution in [0.3, 0.4) is 0 Å². The third kappa shape index (κ3) is 2.03. The molecule has 2 saturated heterocycles. The summed E-state index contributed by atoms with van der Waals surface area (Å²) in [6.07, 6.45) is -0.698. The second kappa shape index (κ2) is 4.40. The van der Waals surface area contributed by atoms with Crippen LogP contribution in [-0.4, -0.2) is 47.8 Å². The smallest absolute Gasteiger partial charge is 0.414 e. The van der Waals surface area contributed by atoms with Crippen molar-refractivity contribution in [1.29, 1.82) is 0 Å². The molecule has 2 heterocycles. The van der Waals surface area contributed by atoms with Gasteiger partial charge in [0.05, 0.1) is 22.0 Å². The first-order valence-electron chi connectivity index (χ1n) is 3.92. The Bertz CT molecular complexity index is 228. The van der Waals surface area contributed by atoms with E-state index >= 15 is 0 Å². The van der Waals surface area contributed by atoms with E-state index in [1.54, 1.807) is 0 Å². The van der Waals surface area contributed by atoms with Gasteiger partial charge in [-0.15, -0.1) is 0 Å². The minimum Gasteiger partial charge on any atom is -0.447 e. The molecular weight excluding hydrogens is 199 g/mol. The number of cyclic esters (lactones) is 2. The molecule has 0 bridgehead atoms. The van der Waals surface area contributed by atoms with E-state index in [2.05, 4.69) is 0 Å². The van der Waals surface area contributed by atoms with Crippen LogP contribution in [0.15, 0.2) is 0 Å². The second-order valence-electron chi connectivity index (χ2n) is 2.63. The van der Waals surface area contributed by atoms with Gasteiger partial charge < -0.3 is 9.47 Å². The Hall–Kier alpha value is -1.12. The van der Waals surface area contributed by atoms with Gasteiger partial charge in [0.1, 0.15) is 13.2 Å². The van der Waals surface area contributed by atoms with E-state index in [-0.39, 0.29) is 27.2 Å². The van der Waals surface area contributed by atoms with Gasteiger partial charge in [-0.2, -0.15) is 0 Å². The fourth-order valence-electron chi connectivity index (χ4n) is 1.11. The minimum atomic E-state index is -0.349. The molecular formula is C6H9HeN2O4P. The number of rotatable bonds is 2. The maximum absolute atomic E-state index is 11.0. The summed E-state index contributed by atoms with van der Waals surface area (Å²) in [6.45, 7) is 1.94. The average molecular weight is 208 g/mol. The number of amides is 2. The largest absolute Gasteiger partial charge is 0.447 e. The van der Waals surface area contributed by atoms with Gasteiger partial charge in [0.25, 0.3) is 0 Å².